The van der Waals surface area contributed by atoms with Crippen molar-refractivity contribution >= 4 is 39.9 Å². The summed E-state index contributed by atoms with van der Waals surface area (Å²) >= 11 is 3.39. The smallest absolute Gasteiger partial charge is 0.238 e. The topological polar surface area (TPSA) is 44.4 Å². The molecule has 1 aromatic rings. The molecule has 0 saturated carbocycles. The maximum absolute atomic E-state index is 12.1. The minimum Gasteiger partial charge on any atom is -0.325 e. The Morgan fingerprint density at radius 3 is 2.76 bits per heavy atom. The van der Waals surface area contributed by atoms with Crippen molar-refractivity contribution in [2.75, 3.05) is 38.0 Å². The van der Waals surface area contributed by atoms with Gasteiger partial charge in [0.15, 0.2) is 0 Å². The van der Waals surface area contributed by atoms with Crippen molar-refractivity contribution in [1.82, 2.24) is 10.2 Å². The van der Waals surface area contributed by atoms with Gasteiger partial charge < -0.3 is 10.6 Å². The molecule has 21 heavy (non-hydrogen) atoms. The third-order valence-corrected chi connectivity index (χ3v) is 4.81. The average molecular weight is 375 g/mol. The van der Waals surface area contributed by atoms with Gasteiger partial charge in [-0.3, -0.25) is 9.69 Å². The standard InChI is InChI=1S/C15H20BrN3O.ClH/c16-13-1-3-14(4-2-13)18-15(20)10-19-6-5-11-7-17-8-12(11)9-19;/h1-4,11-12,17H,5-10H2,(H,18,20);1H. The first-order valence-corrected chi connectivity index (χ1v) is 7.98. The lowest BCUT2D eigenvalue weighted by Crippen LogP contribution is -2.43. The van der Waals surface area contributed by atoms with Crippen LogP contribution < -0.4 is 10.6 Å². The van der Waals surface area contributed by atoms with Crippen molar-refractivity contribution < 1.29 is 4.79 Å². The summed E-state index contributed by atoms with van der Waals surface area (Å²) in [5.74, 6) is 1.63. The molecule has 2 aliphatic rings. The van der Waals surface area contributed by atoms with Gasteiger partial charge in [0, 0.05) is 16.7 Å². The molecular formula is C15H21BrClN3O. The molecule has 1 amide bonds. The van der Waals surface area contributed by atoms with Gasteiger partial charge in [0.2, 0.25) is 5.91 Å². The summed E-state index contributed by atoms with van der Waals surface area (Å²) in [5.41, 5.74) is 0.857. The molecule has 0 radical (unpaired) electrons. The van der Waals surface area contributed by atoms with Crippen molar-refractivity contribution in [3.05, 3.63) is 28.7 Å². The number of nitrogens with one attached hydrogen (secondary N) is 2. The molecule has 2 fully saturated rings. The van der Waals surface area contributed by atoms with Crippen LogP contribution >= 0.6 is 28.3 Å². The number of nitrogens with zero attached hydrogens (tertiary/aromatic N) is 1. The van der Waals surface area contributed by atoms with E-state index < -0.39 is 0 Å². The quantitative estimate of drug-likeness (QED) is 0.853. The van der Waals surface area contributed by atoms with Gasteiger partial charge in [0.05, 0.1) is 6.54 Å². The molecule has 2 N–H and O–H groups in total. The highest BCUT2D eigenvalue weighted by atomic mass is 79.9. The molecule has 0 aliphatic carbocycles. The number of rotatable bonds is 3. The number of anilines is 1. The first kappa shape index (κ1) is 16.7. The Labute approximate surface area is 140 Å². The second-order valence-electron chi connectivity index (χ2n) is 5.76. The molecule has 3 rings (SSSR count). The van der Waals surface area contributed by atoms with Crippen molar-refractivity contribution in [2.24, 2.45) is 11.8 Å². The maximum atomic E-state index is 12.1. The van der Waals surface area contributed by atoms with E-state index in [0.29, 0.717) is 6.54 Å². The molecule has 2 saturated heterocycles. The molecule has 2 heterocycles. The van der Waals surface area contributed by atoms with Crippen LogP contribution in [0.3, 0.4) is 0 Å². The number of piperidine rings is 1. The number of fused-ring (bicyclic) bond motifs is 1. The Balaban J connectivity index is 0.00000161. The summed E-state index contributed by atoms with van der Waals surface area (Å²) in [6.07, 6.45) is 1.21. The summed E-state index contributed by atoms with van der Waals surface area (Å²) in [5, 5.41) is 6.41. The van der Waals surface area contributed by atoms with Gasteiger partial charge in [-0.1, -0.05) is 15.9 Å². The van der Waals surface area contributed by atoms with E-state index in [9.17, 15) is 4.79 Å². The molecule has 1 aromatic carbocycles. The fourth-order valence-electron chi connectivity index (χ4n) is 3.19. The third-order valence-electron chi connectivity index (χ3n) is 4.28. The van der Waals surface area contributed by atoms with E-state index in [0.717, 1.165) is 48.2 Å². The van der Waals surface area contributed by atoms with Crippen molar-refractivity contribution in [2.45, 2.75) is 6.42 Å². The van der Waals surface area contributed by atoms with Crippen molar-refractivity contribution in [1.29, 1.82) is 0 Å². The summed E-state index contributed by atoms with van der Waals surface area (Å²) in [6, 6.07) is 7.70. The second kappa shape index (κ2) is 7.58. The predicted octanol–water partition coefficient (Wildman–Crippen LogP) is 2.35. The van der Waals surface area contributed by atoms with Gasteiger partial charge in [0.25, 0.3) is 0 Å². The first-order chi connectivity index (χ1) is 9.70. The van der Waals surface area contributed by atoms with Gasteiger partial charge in [0.1, 0.15) is 0 Å². The van der Waals surface area contributed by atoms with Gasteiger partial charge in [-0.25, -0.2) is 0 Å². The van der Waals surface area contributed by atoms with Gasteiger partial charge in [-0.05, 0) is 62.2 Å². The number of hydrogen-bond donors (Lipinski definition) is 2. The number of benzene rings is 1. The number of amides is 1. The van der Waals surface area contributed by atoms with E-state index in [1.54, 1.807) is 0 Å². The summed E-state index contributed by atoms with van der Waals surface area (Å²) in [6.45, 7) is 4.85. The predicted molar refractivity (Wildman–Crippen MR) is 90.9 cm³/mol. The molecule has 2 atom stereocenters. The number of carbonyl (C=O) groups is 1. The summed E-state index contributed by atoms with van der Waals surface area (Å²) in [4.78, 5) is 14.4. The van der Waals surface area contributed by atoms with E-state index in [1.165, 1.54) is 6.42 Å². The van der Waals surface area contributed by atoms with Crippen LogP contribution in [0.15, 0.2) is 28.7 Å². The number of carbonyl (C=O) groups excluding carboxylic acids is 1. The normalized spacial score (nSPS) is 25.0. The molecule has 2 aliphatic heterocycles. The lowest BCUT2D eigenvalue weighted by Gasteiger charge is -2.33. The van der Waals surface area contributed by atoms with Crippen LogP contribution in [0.1, 0.15) is 6.42 Å². The molecule has 0 spiro atoms. The largest absolute Gasteiger partial charge is 0.325 e. The Morgan fingerprint density at radius 2 is 2.00 bits per heavy atom. The van der Waals surface area contributed by atoms with E-state index in [4.69, 9.17) is 0 Å². The van der Waals surface area contributed by atoms with Crippen LogP contribution in [0.4, 0.5) is 5.69 Å². The van der Waals surface area contributed by atoms with Crippen LogP contribution in [0, 0.1) is 11.8 Å². The van der Waals surface area contributed by atoms with E-state index in [2.05, 4.69) is 31.5 Å². The monoisotopic (exact) mass is 373 g/mol. The second-order valence-corrected chi connectivity index (χ2v) is 6.67. The van der Waals surface area contributed by atoms with Crippen LogP contribution in [-0.4, -0.2) is 43.5 Å². The van der Waals surface area contributed by atoms with E-state index in [1.807, 2.05) is 24.3 Å². The SMILES string of the molecule is Cl.O=C(CN1CCC2CNCC2C1)Nc1ccc(Br)cc1. The Hall–Kier alpha value is -0.620. The molecule has 6 heteroatoms. The molecule has 0 aromatic heterocycles. The Kier molecular flexibility index (Phi) is 6.05. The highest BCUT2D eigenvalue weighted by Crippen LogP contribution is 2.26. The minimum atomic E-state index is 0. The fourth-order valence-corrected chi connectivity index (χ4v) is 3.45. The highest BCUT2D eigenvalue weighted by Gasteiger charge is 2.33. The molecule has 0 bridgehead atoms. The fraction of sp³-hybridized carbons (Fsp3) is 0.533. The number of likely N-dealkylation sites (tertiary alicyclic amines) is 1. The zero-order valence-electron chi connectivity index (χ0n) is 11.8. The van der Waals surface area contributed by atoms with Crippen LogP contribution in [0.25, 0.3) is 0 Å². The molecule has 116 valence electrons. The Morgan fingerprint density at radius 1 is 1.29 bits per heavy atom. The molecule has 4 nitrogen and oxygen atoms in total. The molecular weight excluding hydrogens is 354 g/mol. The first-order valence-electron chi connectivity index (χ1n) is 7.19. The van der Waals surface area contributed by atoms with Gasteiger partial charge >= 0.3 is 0 Å². The maximum Gasteiger partial charge on any atom is 0.238 e. The highest BCUT2D eigenvalue weighted by molar-refractivity contribution is 9.10. The van der Waals surface area contributed by atoms with Gasteiger partial charge in [-0.15, -0.1) is 12.4 Å². The summed E-state index contributed by atoms with van der Waals surface area (Å²) < 4.78 is 1.02. The van der Waals surface area contributed by atoms with Crippen molar-refractivity contribution in [3.63, 3.8) is 0 Å². The third kappa shape index (κ3) is 4.42. The summed E-state index contributed by atoms with van der Waals surface area (Å²) in [7, 11) is 0. The van der Waals surface area contributed by atoms with Gasteiger partial charge in [-0.2, -0.15) is 0 Å². The number of halogens is 2. The lowest BCUT2D eigenvalue weighted by atomic mass is 9.89. The average Bonchev–Trinajstić information content (AvgIpc) is 2.89. The van der Waals surface area contributed by atoms with E-state index >= 15 is 0 Å². The van der Waals surface area contributed by atoms with Crippen molar-refractivity contribution in [3.8, 4) is 0 Å². The zero-order valence-corrected chi connectivity index (χ0v) is 14.3. The zero-order chi connectivity index (χ0) is 13.9. The van der Waals surface area contributed by atoms with Crippen LogP contribution in [-0.2, 0) is 4.79 Å². The Bertz CT molecular complexity index is 482. The number of hydrogen-bond acceptors (Lipinski definition) is 3. The molecule has 2 unspecified atom stereocenters. The lowest BCUT2D eigenvalue weighted by molar-refractivity contribution is -0.117. The minimum absolute atomic E-state index is 0. The van der Waals surface area contributed by atoms with Crippen LogP contribution in [0.2, 0.25) is 0 Å². The van der Waals surface area contributed by atoms with Crippen LogP contribution in [0.5, 0.6) is 0 Å². The van der Waals surface area contributed by atoms with E-state index in [-0.39, 0.29) is 18.3 Å².